The molecule has 1 heterocycles. The van der Waals surface area contributed by atoms with Gasteiger partial charge in [0.1, 0.15) is 5.52 Å². The van der Waals surface area contributed by atoms with Crippen molar-refractivity contribution >= 4 is 11.0 Å². The smallest absolute Gasteiger partial charge is 0.113 e. The highest BCUT2D eigenvalue weighted by atomic mass is 15.4. The predicted octanol–water partition coefficient (Wildman–Crippen LogP) is 1.34. The van der Waals surface area contributed by atoms with Crippen LogP contribution in [0.25, 0.3) is 11.0 Å². The molecule has 3 rings (SSSR count). The summed E-state index contributed by atoms with van der Waals surface area (Å²) >= 11 is 0. The highest BCUT2D eigenvalue weighted by Crippen LogP contribution is 2.38. The summed E-state index contributed by atoms with van der Waals surface area (Å²) in [5, 5.41) is 8.39. The summed E-state index contributed by atoms with van der Waals surface area (Å²) in [6.07, 6.45) is 2.39. The Kier molecular flexibility index (Phi) is 1.95. The summed E-state index contributed by atoms with van der Waals surface area (Å²) in [5.74, 6) is 0.579. The van der Waals surface area contributed by atoms with Crippen molar-refractivity contribution < 1.29 is 0 Å². The highest BCUT2D eigenvalue weighted by molar-refractivity contribution is 5.74. The van der Waals surface area contributed by atoms with E-state index in [1.165, 1.54) is 12.8 Å². The molecule has 1 fully saturated rings. The minimum Gasteiger partial charge on any atom is -0.330 e. The number of hydrogen-bond donors (Lipinski definition) is 1. The van der Waals surface area contributed by atoms with Crippen molar-refractivity contribution in [3.63, 3.8) is 0 Å². The number of aromatic nitrogens is 3. The van der Waals surface area contributed by atoms with E-state index in [1.807, 2.05) is 22.9 Å². The number of fused-ring (bicyclic) bond motifs is 1. The van der Waals surface area contributed by atoms with Crippen LogP contribution in [0.15, 0.2) is 24.3 Å². The quantitative estimate of drug-likeness (QED) is 0.799. The molecule has 0 aliphatic heterocycles. The number of benzene rings is 1. The zero-order valence-corrected chi connectivity index (χ0v) is 8.50. The van der Waals surface area contributed by atoms with E-state index in [0.29, 0.717) is 12.0 Å². The molecular weight excluding hydrogens is 188 g/mol. The Morgan fingerprint density at radius 2 is 2.20 bits per heavy atom. The van der Waals surface area contributed by atoms with E-state index in [2.05, 4.69) is 16.4 Å². The average molecular weight is 202 g/mol. The zero-order valence-electron chi connectivity index (χ0n) is 8.50. The van der Waals surface area contributed by atoms with Gasteiger partial charge in [-0.25, -0.2) is 4.68 Å². The van der Waals surface area contributed by atoms with Crippen LogP contribution in [-0.4, -0.2) is 21.5 Å². The van der Waals surface area contributed by atoms with Crippen LogP contribution in [0.5, 0.6) is 0 Å². The summed E-state index contributed by atoms with van der Waals surface area (Å²) in [6.45, 7) is 0.749. The lowest BCUT2D eigenvalue weighted by Crippen LogP contribution is -2.35. The van der Waals surface area contributed by atoms with Gasteiger partial charge in [0.25, 0.3) is 0 Å². The van der Waals surface area contributed by atoms with Gasteiger partial charge in [0.05, 0.1) is 11.6 Å². The second kappa shape index (κ2) is 3.31. The Labute approximate surface area is 88.1 Å². The Morgan fingerprint density at radius 1 is 1.33 bits per heavy atom. The minimum absolute atomic E-state index is 0.461. The topological polar surface area (TPSA) is 56.7 Å². The lowest BCUT2D eigenvalue weighted by atomic mass is 9.79. The Bertz CT molecular complexity index is 474. The lowest BCUT2D eigenvalue weighted by Gasteiger charge is -2.35. The second-order valence-corrected chi connectivity index (χ2v) is 4.16. The van der Waals surface area contributed by atoms with Gasteiger partial charge in [0.2, 0.25) is 0 Å². The molecular formula is C11H14N4. The van der Waals surface area contributed by atoms with Crippen molar-refractivity contribution in [2.75, 3.05) is 6.54 Å². The summed E-state index contributed by atoms with van der Waals surface area (Å²) in [7, 11) is 0. The summed E-state index contributed by atoms with van der Waals surface area (Å²) in [5.41, 5.74) is 7.81. The van der Waals surface area contributed by atoms with Gasteiger partial charge in [0.15, 0.2) is 0 Å². The van der Waals surface area contributed by atoms with Gasteiger partial charge in [-0.05, 0) is 37.4 Å². The van der Waals surface area contributed by atoms with Crippen LogP contribution < -0.4 is 5.73 Å². The molecule has 0 radical (unpaired) electrons. The van der Waals surface area contributed by atoms with Crippen molar-refractivity contribution in [1.82, 2.24) is 15.0 Å². The fourth-order valence-corrected chi connectivity index (χ4v) is 2.28. The minimum atomic E-state index is 0.461. The Hall–Kier alpha value is -1.42. The number of para-hydroxylation sites is 1. The molecule has 4 nitrogen and oxygen atoms in total. The van der Waals surface area contributed by atoms with E-state index >= 15 is 0 Å². The summed E-state index contributed by atoms with van der Waals surface area (Å²) < 4.78 is 2.04. The maximum absolute atomic E-state index is 5.71. The SMILES string of the molecule is NCC1CCC1n1nnc2ccccc21. The molecule has 4 heteroatoms. The number of hydrogen-bond acceptors (Lipinski definition) is 3. The first-order valence-corrected chi connectivity index (χ1v) is 5.40. The third-order valence-electron chi connectivity index (χ3n) is 3.37. The third-order valence-corrected chi connectivity index (χ3v) is 3.37. The van der Waals surface area contributed by atoms with Gasteiger partial charge in [-0.2, -0.15) is 0 Å². The van der Waals surface area contributed by atoms with Gasteiger partial charge in [-0.15, -0.1) is 5.10 Å². The first-order chi connectivity index (χ1) is 7.40. The van der Waals surface area contributed by atoms with E-state index in [4.69, 9.17) is 5.73 Å². The highest BCUT2D eigenvalue weighted by Gasteiger charge is 2.32. The second-order valence-electron chi connectivity index (χ2n) is 4.16. The summed E-state index contributed by atoms with van der Waals surface area (Å²) in [4.78, 5) is 0. The molecule has 0 bridgehead atoms. The molecule has 15 heavy (non-hydrogen) atoms. The molecule has 2 aromatic rings. The van der Waals surface area contributed by atoms with Crippen LogP contribution in [0.3, 0.4) is 0 Å². The molecule has 1 aromatic carbocycles. The van der Waals surface area contributed by atoms with Gasteiger partial charge in [-0.1, -0.05) is 17.3 Å². The first kappa shape index (κ1) is 8.85. The van der Waals surface area contributed by atoms with E-state index in [1.54, 1.807) is 0 Å². The van der Waals surface area contributed by atoms with Crippen molar-refractivity contribution in [2.45, 2.75) is 18.9 Å². The molecule has 1 aliphatic carbocycles. The van der Waals surface area contributed by atoms with Crippen molar-refractivity contribution in [3.05, 3.63) is 24.3 Å². The lowest BCUT2D eigenvalue weighted by molar-refractivity contribution is 0.176. The van der Waals surface area contributed by atoms with Gasteiger partial charge >= 0.3 is 0 Å². The van der Waals surface area contributed by atoms with E-state index in [0.717, 1.165) is 17.6 Å². The molecule has 78 valence electrons. The van der Waals surface area contributed by atoms with E-state index in [-0.39, 0.29) is 0 Å². The standard InChI is InChI=1S/C11H14N4/c12-7-8-5-6-10(8)15-11-4-2-1-3-9(11)13-14-15/h1-4,8,10H,5-7,12H2. The van der Waals surface area contributed by atoms with Crippen LogP contribution in [0.2, 0.25) is 0 Å². The Morgan fingerprint density at radius 3 is 2.93 bits per heavy atom. The van der Waals surface area contributed by atoms with Crippen molar-refractivity contribution in [2.24, 2.45) is 11.7 Å². The van der Waals surface area contributed by atoms with E-state index < -0.39 is 0 Å². The van der Waals surface area contributed by atoms with E-state index in [9.17, 15) is 0 Å². The van der Waals surface area contributed by atoms with Gasteiger partial charge < -0.3 is 5.73 Å². The third kappa shape index (κ3) is 1.25. The van der Waals surface area contributed by atoms with Crippen LogP contribution in [0.1, 0.15) is 18.9 Å². The zero-order chi connectivity index (χ0) is 10.3. The fraction of sp³-hybridized carbons (Fsp3) is 0.455. The molecule has 0 amide bonds. The molecule has 0 saturated heterocycles. The Balaban J connectivity index is 2.04. The van der Waals surface area contributed by atoms with Crippen LogP contribution >= 0.6 is 0 Å². The molecule has 1 aliphatic rings. The van der Waals surface area contributed by atoms with Gasteiger partial charge in [-0.3, -0.25) is 0 Å². The van der Waals surface area contributed by atoms with Crippen molar-refractivity contribution in [3.8, 4) is 0 Å². The maximum atomic E-state index is 5.71. The van der Waals surface area contributed by atoms with Crippen LogP contribution in [-0.2, 0) is 0 Å². The normalized spacial score (nSPS) is 25.4. The summed E-state index contributed by atoms with van der Waals surface area (Å²) in [6, 6.07) is 8.54. The number of nitrogens with two attached hydrogens (primary N) is 1. The predicted molar refractivity (Wildman–Crippen MR) is 58.3 cm³/mol. The monoisotopic (exact) mass is 202 g/mol. The molecule has 2 atom stereocenters. The maximum Gasteiger partial charge on any atom is 0.113 e. The molecule has 1 aromatic heterocycles. The first-order valence-electron chi connectivity index (χ1n) is 5.40. The molecule has 1 saturated carbocycles. The molecule has 0 spiro atoms. The molecule has 2 N–H and O–H groups in total. The van der Waals surface area contributed by atoms with Crippen molar-refractivity contribution in [1.29, 1.82) is 0 Å². The number of rotatable bonds is 2. The average Bonchev–Trinajstić information content (AvgIpc) is 2.62. The number of nitrogens with zero attached hydrogens (tertiary/aromatic N) is 3. The van der Waals surface area contributed by atoms with Gasteiger partial charge in [0, 0.05) is 0 Å². The largest absolute Gasteiger partial charge is 0.330 e. The van der Waals surface area contributed by atoms with Crippen LogP contribution in [0.4, 0.5) is 0 Å². The molecule has 2 unspecified atom stereocenters. The van der Waals surface area contributed by atoms with Crippen LogP contribution in [0, 0.1) is 5.92 Å². The fourth-order valence-electron chi connectivity index (χ4n) is 2.28.